The van der Waals surface area contributed by atoms with E-state index in [4.69, 9.17) is 0 Å². The Labute approximate surface area is 171 Å². The summed E-state index contributed by atoms with van der Waals surface area (Å²) < 4.78 is 26.4. The number of carbonyl (C=O) groups is 1. The van der Waals surface area contributed by atoms with Crippen LogP contribution in [0, 0.1) is 24.0 Å². The number of non-ortho nitro benzene ring substituents is 1. The zero-order valence-electron chi connectivity index (χ0n) is 17.3. The van der Waals surface area contributed by atoms with Gasteiger partial charge in [0.2, 0.25) is 10.0 Å². The van der Waals surface area contributed by atoms with Gasteiger partial charge in [0.25, 0.3) is 11.6 Å². The van der Waals surface area contributed by atoms with Gasteiger partial charge in [0, 0.05) is 38.8 Å². The van der Waals surface area contributed by atoms with Crippen LogP contribution in [0.3, 0.4) is 0 Å². The number of nitro groups is 1. The Kier molecular flexibility index (Phi) is 6.44. The number of nitro benzene ring substituents is 1. The average Bonchev–Trinajstić information content (AvgIpc) is 2.67. The van der Waals surface area contributed by atoms with Crippen molar-refractivity contribution in [3.05, 3.63) is 68.8 Å². The Morgan fingerprint density at radius 2 is 1.72 bits per heavy atom. The topological polar surface area (TPSA) is 101 Å². The van der Waals surface area contributed by atoms with Crippen LogP contribution in [0.1, 0.15) is 40.0 Å². The number of nitrogens with zero attached hydrogens (tertiary/aromatic N) is 3. The molecule has 1 amide bonds. The fourth-order valence-electron chi connectivity index (χ4n) is 2.92. The van der Waals surface area contributed by atoms with Crippen LogP contribution in [0.4, 0.5) is 5.69 Å². The summed E-state index contributed by atoms with van der Waals surface area (Å²) in [5.41, 5.74) is 2.08. The van der Waals surface area contributed by atoms with Crippen molar-refractivity contribution >= 4 is 21.6 Å². The summed E-state index contributed by atoms with van der Waals surface area (Å²) >= 11 is 0. The smallest absolute Gasteiger partial charge is 0.269 e. The van der Waals surface area contributed by atoms with Crippen molar-refractivity contribution < 1.29 is 18.1 Å². The zero-order chi connectivity index (χ0) is 22.1. The molecule has 0 aromatic heterocycles. The normalized spacial score (nSPS) is 12.7. The minimum absolute atomic E-state index is 0.0549. The summed E-state index contributed by atoms with van der Waals surface area (Å²) in [4.78, 5) is 25.1. The minimum atomic E-state index is -3.71. The SMILES string of the molecule is Cc1cc(C(=O)N(C)C(C)c2cccc([N+](=O)[O-])c2)cc(S(=O)(=O)N(C)C)c1C. The standard InChI is InChI=1S/C20H25N3O5S/c1-13-10-17(12-19(14(13)2)29(27,28)21(4)5)20(24)22(6)15(3)16-8-7-9-18(11-16)23(25)26/h7-12,15H,1-6H3. The molecule has 0 heterocycles. The molecule has 2 aromatic rings. The van der Waals surface area contributed by atoms with Crippen LogP contribution in [0.15, 0.2) is 41.3 Å². The molecule has 0 aliphatic heterocycles. The molecule has 8 nitrogen and oxygen atoms in total. The fraction of sp³-hybridized carbons (Fsp3) is 0.350. The molecule has 156 valence electrons. The van der Waals surface area contributed by atoms with Gasteiger partial charge in [-0.1, -0.05) is 12.1 Å². The molecule has 0 fully saturated rings. The molecule has 0 aliphatic carbocycles. The predicted molar refractivity (Wildman–Crippen MR) is 110 cm³/mol. The molecule has 0 aliphatic rings. The van der Waals surface area contributed by atoms with Gasteiger partial charge in [-0.25, -0.2) is 12.7 Å². The number of sulfonamides is 1. The molecule has 1 unspecified atom stereocenters. The second-order valence-electron chi connectivity index (χ2n) is 7.15. The lowest BCUT2D eigenvalue weighted by molar-refractivity contribution is -0.384. The molecule has 0 N–H and O–H groups in total. The third-order valence-electron chi connectivity index (χ3n) is 5.09. The highest BCUT2D eigenvalue weighted by Gasteiger charge is 2.26. The summed E-state index contributed by atoms with van der Waals surface area (Å²) in [6, 6.07) is 8.69. The van der Waals surface area contributed by atoms with Gasteiger partial charge in [-0.05, 0) is 49.6 Å². The molecule has 0 bridgehead atoms. The van der Waals surface area contributed by atoms with E-state index < -0.39 is 21.0 Å². The second-order valence-corrected chi connectivity index (χ2v) is 9.27. The second kappa shape index (κ2) is 8.30. The van der Waals surface area contributed by atoms with E-state index in [2.05, 4.69) is 0 Å². The third kappa shape index (κ3) is 4.46. The number of hydrogen-bond acceptors (Lipinski definition) is 5. The minimum Gasteiger partial charge on any atom is -0.335 e. The molecule has 9 heteroatoms. The first kappa shape index (κ1) is 22.5. The van der Waals surface area contributed by atoms with Crippen molar-refractivity contribution in [3.8, 4) is 0 Å². The lowest BCUT2D eigenvalue weighted by atomic mass is 10.0. The number of aryl methyl sites for hydroxylation is 1. The van der Waals surface area contributed by atoms with E-state index in [0.29, 0.717) is 16.7 Å². The summed E-state index contributed by atoms with van der Waals surface area (Å²) in [5.74, 6) is -0.373. The monoisotopic (exact) mass is 419 g/mol. The Morgan fingerprint density at radius 1 is 1.10 bits per heavy atom. The number of benzene rings is 2. The molecule has 1 atom stereocenters. The predicted octanol–water partition coefficient (Wildman–Crippen LogP) is 3.30. The Bertz CT molecular complexity index is 1060. The third-order valence-corrected chi connectivity index (χ3v) is 7.03. The lowest BCUT2D eigenvalue weighted by Gasteiger charge is -2.26. The van der Waals surface area contributed by atoms with Crippen LogP contribution in [0.2, 0.25) is 0 Å². The van der Waals surface area contributed by atoms with E-state index in [1.165, 1.54) is 37.2 Å². The van der Waals surface area contributed by atoms with Crippen molar-refractivity contribution in [1.82, 2.24) is 9.21 Å². The highest BCUT2D eigenvalue weighted by Crippen LogP contribution is 2.27. The van der Waals surface area contributed by atoms with Gasteiger partial charge in [0.1, 0.15) is 0 Å². The van der Waals surface area contributed by atoms with Crippen molar-refractivity contribution in [2.75, 3.05) is 21.1 Å². The van der Waals surface area contributed by atoms with E-state index in [1.807, 2.05) is 0 Å². The molecular formula is C20H25N3O5S. The highest BCUT2D eigenvalue weighted by molar-refractivity contribution is 7.89. The van der Waals surface area contributed by atoms with Crippen molar-refractivity contribution in [1.29, 1.82) is 0 Å². The van der Waals surface area contributed by atoms with Crippen molar-refractivity contribution in [3.63, 3.8) is 0 Å². The number of hydrogen-bond donors (Lipinski definition) is 0. The van der Waals surface area contributed by atoms with Gasteiger partial charge in [0.15, 0.2) is 0 Å². The number of carbonyl (C=O) groups excluding carboxylic acids is 1. The Morgan fingerprint density at radius 3 is 2.28 bits per heavy atom. The van der Waals surface area contributed by atoms with Gasteiger partial charge < -0.3 is 4.90 Å². The Hall–Kier alpha value is -2.78. The van der Waals surface area contributed by atoms with Crippen LogP contribution in [-0.2, 0) is 10.0 Å². The van der Waals surface area contributed by atoms with E-state index >= 15 is 0 Å². The molecule has 2 rings (SSSR count). The number of amides is 1. The van der Waals surface area contributed by atoms with Gasteiger partial charge in [-0.15, -0.1) is 0 Å². The Balaban J connectivity index is 2.45. The molecule has 0 saturated carbocycles. The summed E-state index contributed by atoms with van der Waals surface area (Å²) in [5, 5.41) is 11.0. The van der Waals surface area contributed by atoms with Crippen LogP contribution < -0.4 is 0 Å². The van der Waals surface area contributed by atoms with Crippen molar-refractivity contribution in [2.45, 2.75) is 31.7 Å². The highest BCUT2D eigenvalue weighted by atomic mass is 32.2. The van der Waals surface area contributed by atoms with Crippen LogP contribution >= 0.6 is 0 Å². The summed E-state index contributed by atoms with van der Waals surface area (Å²) in [7, 11) is 0.752. The van der Waals surface area contributed by atoms with Crippen molar-refractivity contribution in [2.24, 2.45) is 0 Å². The summed E-state index contributed by atoms with van der Waals surface area (Å²) in [6.07, 6.45) is 0. The zero-order valence-corrected chi connectivity index (χ0v) is 18.1. The summed E-state index contributed by atoms with van der Waals surface area (Å²) in [6.45, 7) is 5.22. The largest absolute Gasteiger partial charge is 0.335 e. The van der Waals surface area contributed by atoms with Gasteiger partial charge in [-0.3, -0.25) is 14.9 Å². The maximum atomic E-state index is 13.1. The maximum Gasteiger partial charge on any atom is 0.269 e. The van der Waals surface area contributed by atoms with Crippen LogP contribution in [0.25, 0.3) is 0 Å². The van der Waals surface area contributed by atoms with Gasteiger partial charge >= 0.3 is 0 Å². The molecular weight excluding hydrogens is 394 g/mol. The first-order chi connectivity index (χ1) is 13.4. The van der Waals surface area contributed by atoms with E-state index in [0.717, 1.165) is 4.31 Å². The molecule has 2 aromatic carbocycles. The van der Waals surface area contributed by atoms with Gasteiger partial charge in [-0.2, -0.15) is 0 Å². The quantitative estimate of drug-likeness (QED) is 0.528. The van der Waals surface area contributed by atoms with Crippen LogP contribution in [0.5, 0.6) is 0 Å². The van der Waals surface area contributed by atoms with E-state index in [9.17, 15) is 23.3 Å². The first-order valence-electron chi connectivity index (χ1n) is 8.93. The number of rotatable bonds is 6. The van der Waals surface area contributed by atoms with E-state index in [-0.39, 0.29) is 22.1 Å². The van der Waals surface area contributed by atoms with E-state index in [1.54, 1.807) is 46.0 Å². The molecule has 29 heavy (non-hydrogen) atoms. The maximum absolute atomic E-state index is 13.1. The average molecular weight is 420 g/mol. The molecule has 0 radical (unpaired) electrons. The fourth-order valence-corrected chi connectivity index (χ4v) is 4.13. The molecule has 0 spiro atoms. The van der Waals surface area contributed by atoms with Crippen LogP contribution in [-0.4, -0.2) is 49.6 Å². The van der Waals surface area contributed by atoms with Gasteiger partial charge in [0.05, 0.1) is 15.9 Å². The first-order valence-corrected chi connectivity index (χ1v) is 10.4. The molecule has 0 saturated heterocycles. The lowest BCUT2D eigenvalue weighted by Crippen LogP contribution is -2.30.